The summed E-state index contributed by atoms with van der Waals surface area (Å²) >= 11 is 0. The van der Waals surface area contributed by atoms with Crippen molar-refractivity contribution in [1.82, 2.24) is 4.90 Å². The number of carbonyl (C=O) groups excluding carboxylic acids is 2. The number of unbranched alkanes of at least 4 members (excludes halogenated alkanes) is 10. The number of amides is 1. The van der Waals surface area contributed by atoms with Gasteiger partial charge in [-0.2, -0.15) is 0 Å². The van der Waals surface area contributed by atoms with Crippen molar-refractivity contribution >= 4 is 23.6 Å². The fraction of sp³-hybridized carbons (Fsp3) is 0.500. The van der Waals surface area contributed by atoms with E-state index in [4.69, 9.17) is 38.4 Å². The number of aldehydes is 1. The Kier molecular flexibility index (Phi) is 20.8. The molecule has 1 amide bonds. The fourth-order valence-corrected chi connectivity index (χ4v) is 12.0. The average molecular weight is 1070 g/mol. The van der Waals surface area contributed by atoms with E-state index in [2.05, 4.69) is 19.6 Å². The summed E-state index contributed by atoms with van der Waals surface area (Å²) in [4.78, 5) is 46.9. The molecule has 2 aliphatic carbocycles. The van der Waals surface area contributed by atoms with Crippen molar-refractivity contribution in [3.8, 4) is 34.5 Å². The number of oxime groups is 1. The van der Waals surface area contributed by atoms with E-state index in [1.54, 1.807) is 36.4 Å². The molecule has 0 aromatic heterocycles. The van der Waals surface area contributed by atoms with Crippen molar-refractivity contribution in [3.63, 3.8) is 0 Å². The van der Waals surface area contributed by atoms with Gasteiger partial charge in [-0.3, -0.25) is 19.7 Å². The summed E-state index contributed by atoms with van der Waals surface area (Å²) in [6.07, 6.45) is 19.2. The summed E-state index contributed by atoms with van der Waals surface area (Å²) in [6, 6.07) is 21.9. The number of hydrogen-bond donors (Lipinski definition) is 2. The molecule has 16 nitrogen and oxygen atoms in total. The summed E-state index contributed by atoms with van der Waals surface area (Å²) in [5.74, 6) is 0.517. The molecule has 418 valence electrons. The SMILES string of the molecule is C=CCO[C@@]12Oc3ccc(Oc4ccc(OC)c(C=O)c4)cc3[C@H]3[C@H](CCCCO)[C@@H](CCCCO)C=C(C(=NOCc4ccc([N+](=O)[O-])cc4)C[C@@H]1N(Cc1ccc4c(c1)OCO4)C(=O)CCCCCCCCCCC)[C@H]32. The third-order valence-corrected chi connectivity index (χ3v) is 15.7. The third kappa shape index (κ3) is 13.7. The van der Waals surface area contributed by atoms with Gasteiger partial charge in [-0.25, -0.2) is 0 Å². The molecule has 2 N–H and O–H groups in total. The van der Waals surface area contributed by atoms with Crippen LogP contribution in [0.5, 0.6) is 34.5 Å². The van der Waals surface area contributed by atoms with E-state index in [-0.39, 0.29) is 75.5 Å². The van der Waals surface area contributed by atoms with Gasteiger partial charge in [-0.05, 0) is 121 Å². The Morgan fingerprint density at radius 3 is 2.26 bits per heavy atom. The number of benzene rings is 4. The van der Waals surface area contributed by atoms with E-state index in [1.807, 2.05) is 41.3 Å². The summed E-state index contributed by atoms with van der Waals surface area (Å²) in [5, 5.41) is 36.8. The second-order valence-electron chi connectivity index (χ2n) is 20.9. The minimum absolute atomic E-state index is 0.0189. The van der Waals surface area contributed by atoms with Crippen LogP contribution in [0.4, 0.5) is 5.69 Å². The predicted octanol–water partition coefficient (Wildman–Crippen LogP) is 12.7. The third-order valence-electron chi connectivity index (χ3n) is 15.7. The van der Waals surface area contributed by atoms with Crippen LogP contribution in [0.1, 0.15) is 149 Å². The summed E-state index contributed by atoms with van der Waals surface area (Å²) in [5.41, 5.74) is 4.14. The summed E-state index contributed by atoms with van der Waals surface area (Å²) in [7, 11) is 1.51. The van der Waals surface area contributed by atoms with Crippen LogP contribution in [-0.4, -0.2) is 83.5 Å². The maximum absolute atomic E-state index is 15.5. The topological polar surface area (TPSA) is 198 Å². The molecule has 0 saturated heterocycles. The Morgan fingerprint density at radius 1 is 0.846 bits per heavy atom. The van der Waals surface area contributed by atoms with Crippen LogP contribution >= 0.6 is 0 Å². The molecule has 8 rings (SSSR count). The number of nitro benzene ring substituents is 1. The molecule has 78 heavy (non-hydrogen) atoms. The average Bonchev–Trinajstić information content (AvgIpc) is 4.05. The molecule has 0 unspecified atom stereocenters. The molecule has 1 fully saturated rings. The van der Waals surface area contributed by atoms with Crippen LogP contribution < -0.4 is 23.7 Å². The molecule has 4 aromatic carbocycles. The highest BCUT2D eigenvalue weighted by atomic mass is 16.7. The quantitative estimate of drug-likeness (QED) is 0.0154. The molecular weight excluding hydrogens is 995 g/mol. The van der Waals surface area contributed by atoms with E-state index in [9.17, 15) is 25.1 Å². The lowest BCUT2D eigenvalue weighted by molar-refractivity contribution is -0.384. The molecule has 0 spiro atoms. The molecule has 16 heteroatoms. The van der Waals surface area contributed by atoms with Gasteiger partial charge < -0.3 is 48.4 Å². The number of ether oxygens (including phenoxy) is 6. The van der Waals surface area contributed by atoms with Gasteiger partial charge in [-0.15, -0.1) is 6.58 Å². The minimum atomic E-state index is -1.53. The van der Waals surface area contributed by atoms with Crippen molar-refractivity contribution in [2.75, 3.05) is 33.7 Å². The highest BCUT2D eigenvalue weighted by Crippen LogP contribution is 2.62. The van der Waals surface area contributed by atoms with Crippen LogP contribution in [0, 0.1) is 27.9 Å². The highest BCUT2D eigenvalue weighted by molar-refractivity contribution is 6.03. The monoisotopic (exact) mass is 1070 g/mol. The number of nitro groups is 1. The lowest BCUT2D eigenvalue weighted by Crippen LogP contribution is -2.70. The smallest absolute Gasteiger partial charge is 0.269 e. The second kappa shape index (κ2) is 28.2. The zero-order valence-electron chi connectivity index (χ0n) is 45.3. The number of nitrogens with zero attached hydrogens (tertiary/aromatic N) is 3. The van der Waals surface area contributed by atoms with Gasteiger partial charge in [0.1, 0.15) is 35.6 Å². The zero-order chi connectivity index (χ0) is 54.9. The number of allylic oxidation sites excluding steroid dienone is 1. The van der Waals surface area contributed by atoms with Gasteiger partial charge in [0.15, 0.2) is 17.8 Å². The van der Waals surface area contributed by atoms with Crippen LogP contribution in [0.25, 0.3) is 0 Å². The van der Waals surface area contributed by atoms with Crippen molar-refractivity contribution < 1.29 is 58.0 Å². The van der Waals surface area contributed by atoms with E-state index >= 15 is 4.79 Å². The number of aliphatic hydroxyl groups is 2. The van der Waals surface area contributed by atoms with E-state index < -0.39 is 22.7 Å². The predicted molar refractivity (Wildman–Crippen MR) is 296 cm³/mol. The second-order valence-corrected chi connectivity index (χ2v) is 20.9. The van der Waals surface area contributed by atoms with Gasteiger partial charge in [0.05, 0.1) is 35.8 Å². The van der Waals surface area contributed by atoms with Crippen LogP contribution in [0.2, 0.25) is 0 Å². The van der Waals surface area contributed by atoms with Gasteiger partial charge in [0.25, 0.3) is 5.69 Å². The number of methoxy groups -OCH3 is 1. The Balaban J connectivity index is 1.28. The molecule has 0 radical (unpaired) electrons. The molecule has 2 heterocycles. The normalized spacial score (nSPS) is 21.2. The zero-order valence-corrected chi connectivity index (χ0v) is 45.3. The maximum atomic E-state index is 15.5. The first-order valence-corrected chi connectivity index (χ1v) is 28.1. The van der Waals surface area contributed by atoms with Gasteiger partial charge in [-0.1, -0.05) is 94.5 Å². The maximum Gasteiger partial charge on any atom is 0.269 e. The fourth-order valence-electron chi connectivity index (χ4n) is 12.0. The van der Waals surface area contributed by atoms with Crippen LogP contribution in [0.3, 0.4) is 0 Å². The van der Waals surface area contributed by atoms with Crippen molar-refractivity contribution in [2.45, 2.75) is 147 Å². The number of hydrogen-bond acceptors (Lipinski definition) is 14. The lowest BCUT2D eigenvalue weighted by atomic mass is 9.55. The van der Waals surface area contributed by atoms with E-state index in [0.717, 1.165) is 67.9 Å². The molecule has 4 aliphatic rings. The number of fused-ring (bicyclic) bond motifs is 3. The number of aliphatic hydroxyl groups excluding tert-OH is 2. The Bertz CT molecular complexity index is 2730. The Hall–Kier alpha value is -6.75. The molecular formula is C62H77N3O13. The molecule has 4 aromatic rings. The number of carbonyl (C=O) groups is 2. The Labute approximate surface area is 458 Å². The van der Waals surface area contributed by atoms with Crippen LogP contribution in [0.15, 0.2) is 108 Å². The Morgan fingerprint density at radius 2 is 1.54 bits per heavy atom. The van der Waals surface area contributed by atoms with Crippen LogP contribution in [-0.2, 0) is 27.5 Å². The van der Waals surface area contributed by atoms with Gasteiger partial charge in [0, 0.05) is 56.2 Å². The van der Waals surface area contributed by atoms with Crippen molar-refractivity contribution in [3.05, 3.63) is 136 Å². The minimum Gasteiger partial charge on any atom is -0.496 e. The first-order valence-electron chi connectivity index (χ1n) is 28.1. The van der Waals surface area contributed by atoms with Crippen molar-refractivity contribution in [1.29, 1.82) is 0 Å². The first kappa shape index (κ1) is 57.4. The van der Waals surface area contributed by atoms with Gasteiger partial charge in [0.2, 0.25) is 18.5 Å². The standard InChI is InChI=1S/C62H77N3O13/c1-4-6-7-8-9-10-11-12-13-20-59(69)64(39-44-23-28-56-57(34-44)74-42-73-56)58-38-53(63-76-41-43-21-24-47(25-22-43)65(70)71)51-36-45(18-14-16-31-66)50(19-15-17-32-67)60-52-37-49(77-48-26-29-54(72-3)46(35-48)40-68)27-30-55(52)78-62(58,61(51)60)75-33-5-2/h5,21-30,34-37,40,45,50,58,60-61,66-67H,2,4,6-20,31-33,38-39,41-42H2,1,3H3/t45-,50+,58-,60+,61+,62+/m0/s1. The molecule has 1 saturated carbocycles. The number of non-ortho nitro benzene ring substituents is 1. The van der Waals surface area contributed by atoms with Crippen molar-refractivity contribution in [2.24, 2.45) is 22.9 Å². The highest BCUT2D eigenvalue weighted by Gasteiger charge is 2.65. The number of rotatable bonds is 32. The largest absolute Gasteiger partial charge is 0.496 e. The van der Waals surface area contributed by atoms with E-state index in [1.165, 1.54) is 51.3 Å². The summed E-state index contributed by atoms with van der Waals surface area (Å²) < 4.78 is 38.4. The first-order chi connectivity index (χ1) is 38.1. The summed E-state index contributed by atoms with van der Waals surface area (Å²) in [6.45, 7) is 6.80. The van der Waals surface area contributed by atoms with Gasteiger partial charge >= 0.3 is 0 Å². The molecule has 0 bridgehead atoms. The lowest BCUT2D eigenvalue weighted by Gasteiger charge is -2.60. The van der Waals surface area contributed by atoms with E-state index in [0.29, 0.717) is 77.0 Å². The molecule has 6 atom stereocenters. The molecule has 2 aliphatic heterocycles.